The number of piperidine rings is 1. The van der Waals surface area contributed by atoms with Gasteiger partial charge < -0.3 is 20.7 Å². The van der Waals surface area contributed by atoms with Crippen LogP contribution in [-0.4, -0.2) is 43.1 Å². The zero-order chi connectivity index (χ0) is 15.8. The van der Waals surface area contributed by atoms with Crippen LogP contribution in [0.15, 0.2) is 30.3 Å². The molecule has 6 heteroatoms. The van der Waals surface area contributed by atoms with Crippen molar-refractivity contribution in [3.05, 3.63) is 35.9 Å². The average Bonchev–Trinajstić information content (AvgIpc) is 2.58. The molecule has 0 unspecified atom stereocenters. The molecule has 0 aliphatic carbocycles. The van der Waals surface area contributed by atoms with Crippen molar-refractivity contribution in [2.24, 2.45) is 11.7 Å². The third-order valence-corrected chi connectivity index (χ3v) is 3.76. The number of carbonyl (C=O) groups excluding carboxylic acids is 2. The molecule has 22 heavy (non-hydrogen) atoms. The van der Waals surface area contributed by atoms with Crippen molar-refractivity contribution in [3.8, 4) is 0 Å². The lowest BCUT2D eigenvalue weighted by Gasteiger charge is -2.32. The van der Waals surface area contributed by atoms with E-state index in [-0.39, 0.29) is 31.1 Å². The van der Waals surface area contributed by atoms with E-state index in [9.17, 15) is 9.59 Å². The molecule has 1 aromatic rings. The van der Waals surface area contributed by atoms with Crippen LogP contribution in [0.4, 0.5) is 4.79 Å². The van der Waals surface area contributed by atoms with E-state index < -0.39 is 0 Å². The van der Waals surface area contributed by atoms with Gasteiger partial charge in [0.25, 0.3) is 0 Å². The SMILES string of the molecule is NCC(=O)NC[C@H]1CCCN(C(=O)OCc2ccccc2)C1. The van der Waals surface area contributed by atoms with Crippen LogP contribution in [0.2, 0.25) is 0 Å². The Labute approximate surface area is 130 Å². The van der Waals surface area contributed by atoms with Gasteiger partial charge in [-0.3, -0.25) is 4.79 Å². The smallest absolute Gasteiger partial charge is 0.410 e. The normalized spacial score (nSPS) is 17.9. The zero-order valence-corrected chi connectivity index (χ0v) is 12.7. The summed E-state index contributed by atoms with van der Waals surface area (Å²) in [5, 5.41) is 2.78. The second-order valence-corrected chi connectivity index (χ2v) is 5.50. The third-order valence-electron chi connectivity index (χ3n) is 3.76. The molecule has 120 valence electrons. The summed E-state index contributed by atoms with van der Waals surface area (Å²) in [4.78, 5) is 25.0. The van der Waals surface area contributed by atoms with Gasteiger partial charge in [0, 0.05) is 19.6 Å². The Hall–Kier alpha value is -2.08. The number of ether oxygens (including phenoxy) is 1. The Bertz CT molecular complexity index is 493. The van der Waals surface area contributed by atoms with E-state index in [0.29, 0.717) is 19.6 Å². The number of rotatable bonds is 5. The van der Waals surface area contributed by atoms with E-state index in [0.717, 1.165) is 18.4 Å². The number of likely N-dealkylation sites (tertiary alicyclic amines) is 1. The van der Waals surface area contributed by atoms with Crippen molar-refractivity contribution in [2.45, 2.75) is 19.4 Å². The minimum Gasteiger partial charge on any atom is -0.445 e. The van der Waals surface area contributed by atoms with Gasteiger partial charge in [-0.05, 0) is 24.3 Å². The number of carbonyl (C=O) groups is 2. The highest BCUT2D eigenvalue weighted by Gasteiger charge is 2.24. The van der Waals surface area contributed by atoms with Crippen molar-refractivity contribution in [3.63, 3.8) is 0 Å². The van der Waals surface area contributed by atoms with Crippen LogP contribution in [0.3, 0.4) is 0 Å². The van der Waals surface area contributed by atoms with Crippen LogP contribution in [0.1, 0.15) is 18.4 Å². The molecular formula is C16H23N3O3. The summed E-state index contributed by atoms with van der Waals surface area (Å²) in [5.74, 6) is 0.0947. The largest absolute Gasteiger partial charge is 0.445 e. The maximum Gasteiger partial charge on any atom is 0.410 e. The van der Waals surface area contributed by atoms with E-state index in [1.165, 1.54) is 0 Å². The van der Waals surface area contributed by atoms with E-state index in [1.54, 1.807) is 4.90 Å². The van der Waals surface area contributed by atoms with Gasteiger partial charge in [0.2, 0.25) is 5.91 Å². The lowest BCUT2D eigenvalue weighted by Crippen LogP contribution is -2.44. The molecule has 1 saturated heterocycles. The van der Waals surface area contributed by atoms with Gasteiger partial charge in [-0.2, -0.15) is 0 Å². The van der Waals surface area contributed by atoms with Crippen LogP contribution in [0.5, 0.6) is 0 Å². The predicted molar refractivity (Wildman–Crippen MR) is 83.0 cm³/mol. The predicted octanol–water partition coefficient (Wildman–Crippen LogP) is 1.11. The van der Waals surface area contributed by atoms with Gasteiger partial charge in [0.15, 0.2) is 0 Å². The molecule has 0 bridgehead atoms. The highest BCUT2D eigenvalue weighted by atomic mass is 16.6. The van der Waals surface area contributed by atoms with Gasteiger partial charge in [0.05, 0.1) is 6.54 Å². The maximum atomic E-state index is 12.1. The molecule has 0 aromatic heterocycles. The van der Waals surface area contributed by atoms with Crippen LogP contribution in [0.25, 0.3) is 0 Å². The first-order valence-corrected chi connectivity index (χ1v) is 7.61. The summed E-state index contributed by atoms with van der Waals surface area (Å²) in [6.45, 7) is 2.15. The topological polar surface area (TPSA) is 84.7 Å². The summed E-state index contributed by atoms with van der Waals surface area (Å²) >= 11 is 0. The second-order valence-electron chi connectivity index (χ2n) is 5.50. The number of hydrogen-bond acceptors (Lipinski definition) is 4. The fourth-order valence-electron chi connectivity index (χ4n) is 2.54. The van der Waals surface area contributed by atoms with Gasteiger partial charge >= 0.3 is 6.09 Å². The van der Waals surface area contributed by atoms with Crippen molar-refractivity contribution in [2.75, 3.05) is 26.2 Å². The first-order chi connectivity index (χ1) is 10.7. The first kappa shape index (κ1) is 16.3. The van der Waals surface area contributed by atoms with Crippen molar-refractivity contribution >= 4 is 12.0 Å². The fourth-order valence-corrected chi connectivity index (χ4v) is 2.54. The Balaban J connectivity index is 1.76. The standard InChI is InChI=1S/C16H23N3O3/c17-9-15(20)18-10-14-7-4-8-19(11-14)16(21)22-12-13-5-2-1-3-6-13/h1-3,5-6,14H,4,7-12,17H2,(H,18,20)/t14-/m1/s1. The molecule has 6 nitrogen and oxygen atoms in total. The molecule has 1 aliphatic heterocycles. The molecule has 0 saturated carbocycles. The molecule has 1 aromatic carbocycles. The van der Waals surface area contributed by atoms with Crippen LogP contribution in [-0.2, 0) is 16.1 Å². The van der Waals surface area contributed by atoms with Gasteiger partial charge in [-0.1, -0.05) is 30.3 Å². The highest BCUT2D eigenvalue weighted by molar-refractivity contribution is 5.77. The summed E-state index contributed by atoms with van der Waals surface area (Å²) in [5.41, 5.74) is 6.23. The molecule has 1 heterocycles. The van der Waals surface area contributed by atoms with Gasteiger partial charge in [-0.25, -0.2) is 4.79 Å². The fraction of sp³-hybridized carbons (Fsp3) is 0.500. The van der Waals surface area contributed by atoms with Gasteiger partial charge in [-0.15, -0.1) is 0 Å². The Morgan fingerprint density at radius 2 is 2.09 bits per heavy atom. The number of nitrogens with zero attached hydrogens (tertiary/aromatic N) is 1. The Kier molecular flexibility index (Phi) is 6.21. The van der Waals surface area contributed by atoms with E-state index >= 15 is 0 Å². The molecule has 2 rings (SSSR count). The molecule has 0 radical (unpaired) electrons. The van der Waals surface area contributed by atoms with Crippen molar-refractivity contribution < 1.29 is 14.3 Å². The van der Waals surface area contributed by atoms with E-state index in [4.69, 9.17) is 10.5 Å². The Morgan fingerprint density at radius 1 is 1.32 bits per heavy atom. The highest BCUT2D eigenvalue weighted by Crippen LogP contribution is 2.17. The quantitative estimate of drug-likeness (QED) is 0.853. The lowest BCUT2D eigenvalue weighted by molar-refractivity contribution is -0.119. The zero-order valence-electron chi connectivity index (χ0n) is 12.7. The summed E-state index contributed by atoms with van der Waals surface area (Å²) in [6.07, 6.45) is 1.62. The molecule has 0 spiro atoms. The maximum absolute atomic E-state index is 12.1. The van der Waals surface area contributed by atoms with Crippen molar-refractivity contribution in [1.29, 1.82) is 0 Å². The number of benzene rings is 1. The third kappa shape index (κ3) is 5.04. The molecule has 1 aliphatic rings. The Morgan fingerprint density at radius 3 is 2.82 bits per heavy atom. The number of hydrogen-bond donors (Lipinski definition) is 2. The minimum atomic E-state index is -0.293. The first-order valence-electron chi connectivity index (χ1n) is 7.61. The number of nitrogens with two attached hydrogens (primary N) is 1. The molecule has 2 amide bonds. The monoisotopic (exact) mass is 305 g/mol. The molecule has 1 atom stereocenters. The number of amides is 2. The summed E-state index contributed by atoms with van der Waals surface area (Å²) in [7, 11) is 0. The minimum absolute atomic E-state index is 0.00441. The molecule has 1 fully saturated rings. The number of nitrogens with one attached hydrogen (secondary N) is 1. The van der Waals surface area contributed by atoms with Crippen LogP contribution < -0.4 is 11.1 Å². The lowest BCUT2D eigenvalue weighted by atomic mass is 9.98. The van der Waals surface area contributed by atoms with Crippen LogP contribution in [0, 0.1) is 5.92 Å². The van der Waals surface area contributed by atoms with E-state index in [1.807, 2.05) is 30.3 Å². The molecular weight excluding hydrogens is 282 g/mol. The van der Waals surface area contributed by atoms with Crippen molar-refractivity contribution in [1.82, 2.24) is 10.2 Å². The molecule has 3 N–H and O–H groups in total. The van der Waals surface area contributed by atoms with E-state index in [2.05, 4.69) is 5.32 Å². The summed E-state index contributed by atoms with van der Waals surface area (Å²) in [6, 6.07) is 9.61. The van der Waals surface area contributed by atoms with Crippen LogP contribution >= 0.6 is 0 Å². The second kappa shape index (κ2) is 8.38. The summed E-state index contributed by atoms with van der Waals surface area (Å²) < 4.78 is 5.34. The average molecular weight is 305 g/mol. The van der Waals surface area contributed by atoms with Gasteiger partial charge in [0.1, 0.15) is 6.61 Å².